The van der Waals surface area contributed by atoms with Gasteiger partial charge in [0.05, 0.1) is 11.6 Å². The van der Waals surface area contributed by atoms with Gasteiger partial charge in [-0.1, -0.05) is 11.6 Å². The molecule has 0 aromatic heterocycles. The fourth-order valence-corrected chi connectivity index (χ4v) is 1.09. The highest BCUT2D eigenvalue weighted by Crippen LogP contribution is 2.18. The lowest BCUT2D eigenvalue weighted by Gasteiger charge is -2.06. The van der Waals surface area contributed by atoms with E-state index in [4.69, 9.17) is 17.3 Å². The summed E-state index contributed by atoms with van der Waals surface area (Å²) in [6.45, 7) is -0.190. The number of amides is 3. The van der Waals surface area contributed by atoms with Crippen molar-refractivity contribution in [2.24, 2.45) is 5.73 Å². The molecule has 3 amide bonds. The molecule has 0 radical (unpaired) electrons. The van der Waals surface area contributed by atoms with Gasteiger partial charge in [0, 0.05) is 5.69 Å². The molecule has 5 nitrogen and oxygen atoms in total. The molecule has 0 saturated carbocycles. The van der Waals surface area contributed by atoms with Crippen molar-refractivity contribution < 1.29 is 14.0 Å². The number of rotatable bonds is 3. The van der Waals surface area contributed by atoms with Crippen LogP contribution >= 0.6 is 11.6 Å². The summed E-state index contributed by atoms with van der Waals surface area (Å²) in [4.78, 5) is 21.3. The van der Waals surface area contributed by atoms with Crippen LogP contribution in [0.1, 0.15) is 0 Å². The molecule has 7 heteroatoms. The third kappa shape index (κ3) is 3.74. The Morgan fingerprint density at radius 3 is 2.69 bits per heavy atom. The van der Waals surface area contributed by atoms with E-state index in [-0.39, 0.29) is 11.6 Å². The molecule has 1 aromatic carbocycles. The molecule has 16 heavy (non-hydrogen) atoms. The van der Waals surface area contributed by atoms with Gasteiger partial charge in [0.2, 0.25) is 5.91 Å². The number of urea groups is 1. The molecule has 0 fully saturated rings. The van der Waals surface area contributed by atoms with Crippen LogP contribution in [0.15, 0.2) is 18.2 Å². The second kappa shape index (κ2) is 5.32. The Bertz CT molecular complexity index is 425. The van der Waals surface area contributed by atoms with Crippen molar-refractivity contribution in [2.75, 3.05) is 11.9 Å². The summed E-state index contributed by atoms with van der Waals surface area (Å²) in [6.07, 6.45) is 0. The number of carbonyl (C=O) groups excluding carboxylic acids is 2. The number of anilines is 1. The fourth-order valence-electron chi connectivity index (χ4n) is 0.970. The molecule has 0 bridgehead atoms. The summed E-state index contributed by atoms with van der Waals surface area (Å²) >= 11 is 5.47. The van der Waals surface area contributed by atoms with E-state index < -0.39 is 17.8 Å². The maximum atomic E-state index is 13.0. The average molecular weight is 246 g/mol. The number of benzene rings is 1. The largest absolute Gasteiger partial charge is 0.376 e. The van der Waals surface area contributed by atoms with Gasteiger partial charge in [-0.3, -0.25) is 10.1 Å². The van der Waals surface area contributed by atoms with Crippen molar-refractivity contribution in [1.29, 1.82) is 0 Å². The minimum absolute atomic E-state index is 0.00728. The molecular weight excluding hydrogens is 237 g/mol. The highest BCUT2D eigenvalue weighted by molar-refractivity contribution is 6.30. The fraction of sp³-hybridized carbons (Fsp3) is 0.111. The lowest BCUT2D eigenvalue weighted by molar-refractivity contribution is -0.118. The molecule has 0 heterocycles. The number of carbonyl (C=O) groups is 2. The van der Waals surface area contributed by atoms with Crippen LogP contribution in [0.3, 0.4) is 0 Å². The van der Waals surface area contributed by atoms with Crippen LogP contribution in [0, 0.1) is 5.82 Å². The van der Waals surface area contributed by atoms with Crippen molar-refractivity contribution in [3.63, 3.8) is 0 Å². The first-order valence-electron chi connectivity index (χ1n) is 4.27. The first-order chi connectivity index (χ1) is 7.49. The summed E-state index contributed by atoms with van der Waals surface area (Å²) in [5.41, 5.74) is 5.11. The molecule has 0 aliphatic rings. The number of nitrogens with two attached hydrogens (primary N) is 1. The quantitative estimate of drug-likeness (QED) is 0.745. The van der Waals surface area contributed by atoms with Gasteiger partial charge < -0.3 is 11.1 Å². The van der Waals surface area contributed by atoms with E-state index in [1.165, 1.54) is 12.1 Å². The Kier molecular flexibility index (Phi) is 4.07. The van der Waals surface area contributed by atoms with Crippen LogP contribution in [0.25, 0.3) is 0 Å². The molecule has 1 rings (SSSR count). The summed E-state index contributed by atoms with van der Waals surface area (Å²) in [5, 5.41) is 4.45. The van der Waals surface area contributed by atoms with Crippen molar-refractivity contribution in [2.45, 2.75) is 0 Å². The Morgan fingerprint density at radius 2 is 2.12 bits per heavy atom. The molecule has 0 spiro atoms. The third-order valence-corrected chi connectivity index (χ3v) is 1.94. The smallest absolute Gasteiger partial charge is 0.318 e. The van der Waals surface area contributed by atoms with E-state index >= 15 is 0 Å². The van der Waals surface area contributed by atoms with E-state index in [0.29, 0.717) is 5.69 Å². The van der Waals surface area contributed by atoms with Gasteiger partial charge in [0.15, 0.2) is 0 Å². The molecule has 0 aliphatic carbocycles. The zero-order valence-corrected chi connectivity index (χ0v) is 8.84. The van der Waals surface area contributed by atoms with Crippen molar-refractivity contribution in [1.82, 2.24) is 5.32 Å². The number of halogens is 2. The SMILES string of the molecule is NC(=O)NC(=O)CNc1ccc(Cl)c(F)c1. The Morgan fingerprint density at radius 1 is 1.44 bits per heavy atom. The van der Waals surface area contributed by atoms with Crippen molar-refractivity contribution in [3.05, 3.63) is 29.0 Å². The second-order valence-electron chi connectivity index (χ2n) is 2.89. The first kappa shape index (κ1) is 12.3. The number of primary amides is 1. The van der Waals surface area contributed by atoms with E-state index in [1.807, 2.05) is 5.32 Å². The van der Waals surface area contributed by atoms with Gasteiger partial charge in [0.1, 0.15) is 5.82 Å². The third-order valence-electron chi connectivity index (χ3n) is 1.64. The first-order valence-corrected chi connectivity index (χ1v) is 4.65. The number of hydrogen-bond donors (Lipinski definition) is 3. The topological polar surface area (TPSA) is 84.2 Å². The molecule has 0 aliphatic heterocycles. The number of nitrogens with one attached hydrogen (secondary N) is 2. The predicted octanol–water partition coefficient (Wildman–Crippen LogP) is 1.09. The van der Waals surface area contributed by atoms with Gasteiger partial charge >= 0.3 is 6.03 Å². The Labute approximate surface area is 95.8 Å². The van der Waals surface area contributed by atoms with Crippen molar-refractivity contribution >= 4 is 29.2 Å². The van der Waals surface area contributed by atoms with Gasteiger partial charge in [-0.05, 0) is 18.2 Å². The Hall–Kier alpha value is -1.82. The van der Waals surface area contributed by atoms with E-state index in [9.17, 15) is 14.0 Å². The zero-order valence-electron chi connectivity index (χ0n) is 8.09. The predicted molar refractivity (Wildman–Crippen MR) is 57.6 cm³/mol. The highest BCUT2D eigenvalue weighted by atomic mass is 35.5. The number of hydrogen-bond acceptors (Lipinski definition) is 3. The van der Waals surface area contributed by atoms with Crippen LogP contribution < -0.4 is 16.4 Å². The van der Waals surface area contributed by atoms with Crippen LogP contribution in [-0.4, -0.2) is 18.5 Å². The lowest BCUT2D eigenvalue weighted by atomic mass is 10.3. The zero-order chi connectivity index (χ0) is 12.1. The molecular formula is C9H9ClFN3O2. The summed E-state index contributed by atoms with van der Waals surface area (Å²) < 4.78 is 13.0. The molecule has 0 saturated heterocycles. The molecule has 0 unspecified atom stereocenters. The highest BCUT2D eigenvalue weighted by Gasteiger charge is 2.05. The van der Waals surface area contributed by atoms with Crippen LogP contribution in [0.4, 0.5) is 14.9 Å². The molecule has 86 valence electrons. The molecule has 1 aromatic rings. The van der Waals surface area contributed by atoms with Crippen molar-refractivity contribution in [3.8, 4) is 0 Å². The van der Waals surface area contributed by atoms with Gasteiger partial charge in [-0.2, -0.15) is 0 Å². The summed E-state index contributed by atoms with van der Waals surface area (Å²) in [5.74, 6) is -1.20. The van der Waals surface area contributed by atoms with Crippen LogP contribution in [-0.2, 0) is 4.79 Å². The number of imide groups is 1. The minimum atomic E-state index is -0.936. The van der Waals surface area contributed by atoms with Gasteiger partial charge in [-0.25, -0.2) is 9.18 Å². The standard InChI is InChI=1S/C9H9ClFN3O2/c10-6-2-1-5(3-7(6)11)13-4-8(15)14-9(12)16/h1-3,13H,4H2,(H3,12,14,15,16). The van der Waals surface area contributed by atoms with E-state index in [0.717, 1.165) is 6.07 Å². The van der Waals surface area contributed by atoms with Gasteiger partial charge in [0.25, 0.3) is 0 Å². The second-order valence-corrected chi connectivity index (χ2v) is 3.30. The summed E-state index contributed by atoms with van der Waals surface area (Å²) in [6, 6.07) is 3.06. The van der Waals surface area contributed by atoms with Gasteiger partial charge in [-0.15, -0.1) is 0 Å². The van der Waals surface area contributed by atoms with Crippen LogP contribution in [0.2, 0.25) is 5.02 Å². The van der Waals surface area contributed by atoms with E-state index in [1.54, 1.807) is 0 Å². The van der Waals surface area contributed by atoms with E-state index in [2.05, 4.69) is 5.32 Å². The maximum Gasteiger partial charge on any atom is 0.318 e. The maximum absolute atomic E-state index is 13.0. The average Bonchev–Trinajstić information content (AvgIpc) is 2.19. The normalized spacial score (nSPS) is 9.62. The molecule has 0 atom stereocenters. The lowest BCUT2D eigenvalue weighted by Crippen LogP contribution is -2.38. The summed E-state index contributed by atoms with van der Waals surface area (Å²) in [7, 11) is 0. The molecule has 4 N–H and O–H groups in total. The minimum Gasteiger partial charge on any atom is -0.376 e. The van der Waals surface area contributed by atoms with Crippen LogP contribution in [0.5, 0.6) is 0 Å². The Balaban J connectivity index is 2.51. The monoisotopic (exact) mass is 245 g/mol.